The van der Waals surface area contributed by atoms with E-state index in [0.717, 1.165) is 11.3 Å². The third-order valence-corrected chi connectivity index (χ3v) is 3.84. The van der Waals surface area contributed by atoms with Crippen LogP contribution in [0, 0.1) is 20.8 Å². The molecule has 0 aliphatic heterocycles. The van der Waals surface area contributed by atoms with Gasteiger partial charge in [-0.3, -0.25) is 4.98 Å². The summed E-state index contributed by atoms with van der Waals surface area (Å²) < 4.78 is 0. The molecule has 2 aromatic carbocycles. The van der Waals surface area contributed by atoms with Gasteiger partial charge in [0.25, 0.3) is 0 Å². The third-order valence-electron chi connectivity index (χ3n) is 3.84. The molecule has 0 bridgehead atoms. The van der Waals surface area contributed by atoms with Gasteiger partial charge in [0.2, 0.25) is 0 Å². The second kappa shape index (κ2) is 8.64. The quantitative estimate of drug-likeness (QED) is 0.696. The number of carboxylic acids is 1. The monoisotopic (exact) mass is 334 g/mol. The summed E-state index contributed by atoms with van der Waals surface area (Å²) in [6.07, 6.45) is 3.60. The molecule has 3 rings (SSSR count). The van der Waals surface area contributed by atoms with Crippen LogP contribution in [0.5, 0.6) is 0 Å². The van der Waals surface area contributed by atoms with Crippen LogP contribution in [0.4, 0.5) is 11.4 Å². The molecule has 0 aliphatic rings. The summed E-state index contributed by atoms with van der Waals surface area (Å²) in [5.41, 5.74) is 5.33. The van der Waals surface area contributed by atoms with Crippen molar-refractivity contribution in [3.8, 4) is 0 Å². The topological polar surface area (TPSA) is 62.2 Å². The summed E-state index contributed by atoms with van der Waals surface area (Å²) >= 11 is 0. The number of rotatable bonds is 3. The van der Waals surface area contributed by atoms with E-state index in [1.807, 2.05) is 63.4 Å². The number of nitrogens with one attached hydrogen (secondary N) is 1. The van der Waals surface area contributed by atoms with E-state index < -0.39 is 5.97 Å². The van der Waals surface area contributed by atoms with E-state index in [-0.39, 0.29) is 5.56 Å². The fraction of sp³-hybridized carbons (Fsp3) is 0.143. The molecule has 25 heavy (non-hydrogen) atoms. The van der Waals surface area contributed by atoms with Crippen LogP contribution in [0.25, 0.3) is 0 Å². The van der Waals surface area contributed by atoms with Gasteiger partial charge in [0.1, 0.15) is 0 Å². The first-order valence-electron chi connectivity index (χ1n) is 8.01. The lowest BCUT2D eigenvalue weighted by Gasteiger charge is -2.13. The van der Waals surface area contributed by atoms with Gasteiger partial charge in [-0.05, 0) is 61.7 Å². The van der Waals surface area contributed by atoms with E-state index in [4.69, 9.17) is 5.11 Å². The molecule has 0 saturated heterocycles. The number of carbonyl (C=O) groups is 1. The largest absolute Gasteiger partial charge is 0.478 e. The van der Waals surface area contributed by atoms with Gasteiger partial charge in [-0.1, -0.05) is 30.3 Å². The first-order valence-corrected chi connectivity index (χ1v) is 8.01. The lowest BCUT2D eigenvalue weighted by atomic mass is 10.1. The summed E-state index contributed by atoms with van der Waals surface area (Å²) in [7, 11) is 0. The number of hydrogen-bond acceptors (Lipinski definition) is 3. The molecule has 2 N–H and O–H groups in total. The van der Waals surface area contributed by atoms with Crippen molar-refractivity contribution in [1.29, 1.82) is 0 Å². The van der Waals surface area contributed by atoms with Crippen LogP contribution in [0.2, 0.25) is 0 Å². The Morgan fingerprint density at radius 1 is 0.920 bits per heavy atom. The van der Waals surface area contributed by atoms with Gasteiger partial charge < -0.3 is 10.4 Å². The van der Waals surface area contributed by atoms with E-state index in [1.54, 1.807) is 24.4 Å². The molecule has 4 heteroatoms. The van der Waals surface area contributed by atoms with Gasteiger partial charge in [0.05, 0.1) is 11.3 Å². The molecule has 0 spiro atoms. The summed E-state index contributed by atoms with van der Waals surface area (Å²) in [6.45, 7) is 6.07. The van der Waals surface area contributed by atoms with Crippen LogP contribution in [-0.4, -0.2) is 16.1 Å². The maximum atomic E-state index is 11.1. The van der Waals surface area contributed by atoms with Crippen LogP contribution in [0.1, 0.15) is 27.0 Å². The van der Waals surface area contributed by atoms with E-state index in [1.165, 1.54) is 11.1 Å². The van der Waals surface area contributed by atoms with Crippen LogP contribution in [0.3, 0.4) is 0 Å². The molecule has 3 aromatic rings. The molecule has 0 saturated carbocycles. The molecule has 4 nitrogen and oxygen atoms in total. The molecule has 0 radical (unpaired) electrons. The number of aryl methyl sites for hydroxylation is 2. The molecule has 0 aliphatic carbocycles. The van der Waals surface area contributed by atoms with Gasteiger partial charge in [-0.15, -0.1) is 0 Å². The number of carboxylic acid groups (broad SMARTS) is 1. The van der Waals surface area contributed by atoms with Crippen molar-refractivity contribution < 1.29 is 9.90 Å². The van der Waals surface area contributed by atoms with Crippen molar-refractivity contribution >= 4 is 17.3 Å². The molecular formula is C21H22N2O2. The zero-order chi connectivity index (χ0) is 18.2. The smallest absolute Gasteiger partial charge is 0.337 e. The Bertz CT molecular complexity index is 846. The van der Waals surface area contributed by atoms with Crippen molar-refractivity contribution in [2.24, 2.45) is 0 Å². The Balaban J connectivity index is 0.000000269. The average molecular weight is 334 g/mol. The van der Waals surface area contributed by atoms with E-state index in [9.17, 15) is 4.79 Å². The predicted molar refractivity (Wildman–Crippen MR) is 102 cm³/mol. The molecule has 1 heterocycles. The number of hydrogen-bond donors (Lipinski definition) is 2. The molecular weight excluding hydrogens is 312 g/mol. The molecule has 128 valence electrons. The lowest BCUT2D eigenvalue weighted by molar-refractivity contribution is 0.0698. The Hall–Kier alpha value is -3.14. The number of aromatic nitrogens is 1. The number of anilines is 2. The van der Waals surface area contributed by atoms with Gasteiger partial charge in [-0.2, -0.15) is 0 Å². The summed E-state index contributed by atoms with van der Waals surface area (Å²) in [4.78, 5) is 15.0. The molecule has 0 amide bonds. The minimum absolute atomic E-state index is 0.276. The fourth-order valence-corrected chi connectivity index (χ4v) is 2.26. The van der Waals surface area contributed by atoms with Crippen molar-refractivity contribution in [1.82, 2.24) is 4.98 Å². The van der Waals surface area contributed by atoms with Gasteiger partial charge >= 0.3 is 5.97 Å². The Morgan fingerprint density at radius 3 is 2.24 bits per heavy atom. The van der Waals surface area contributed by atoms with Crippen LogP contribution in [-0.2, 0) is 0 Å². The maximum Gasteiger partial charge on any atom is 0.337 e. The minimum Gasteiger partial charge on any atom is -0.478 e. The van der Waals surface area contributed by atoms with E-state index in [0.29, 0.717) is 5.69 Å². The lowest BCUT2D eigenvalue weighted by Crippen LogP contribution is -2.03. The van der Waals surface area contributed by atoms with Crippen LogP contribution < -0.4 is 5.32 Å². The van der Waals surface area contributed by atoms with Crippen LogP contribution >= 0.6 is 0 Å². The minimum atomic E-state index is -0.927. The Morgan fingerprint density at radius 2 is 1.64 bits per heavy atom. The summed E-state index contributed by atoms with van der Waals surface area (Å²) in [6, 6.07) is 16.8. The average Bonchev–Trinajstić information content (AvgIpc) is 2.60. The molecule has 1 aromatic heterocycles. The highest BCUT2D eigenvalue weighted by molar-refractivity contribution is 5.95. The van der Waals surface area contributed by atoms with E-state index >= 15 is 0 Å². The highest BCUT2D eigenvalue weighted by Gasteiger charge is 2.10. The number of para-hydroxylation sites is 1. The first kappa shape index (κ1) is 18.2. The number of aromatic carboxylic acids is 1. The number of benzene rings is 2. The summed E-state index contributed by atoms with van der Waals surface area (Å²) in [5.74, 6) is -0.927. The predicted octanol–water partition coefficient (Wildman–Crippen LogP) is 5.14. The maximum absolute atomic E-state index is 11.1. The first-order chi connectivity index (χ1) is 12.0. The second-order valence-electron chi connectivity index (χ2n) is 5.75. The fourth-order valence-electron chi connectivity index (χ4n) is 2.26. The number of nitrogens with zero attached hydrogens (tertiary/aromatic N) is 1. The normalized spacial score (nSPS) is 9.72. The standard InChI is InChI=1S/C15H15NO2.C6H7N/c1-10-6-5-9-13(11(10)2)16-14-8-4-3-7-12(14)15(17)18;1-6-3-2-4-7-5-6/h3-9,16H,1-2H3,(H,17,18);2-5H,1H3. The zero-order valence-electron chi connectivity index (χ0n) is 14.7. The molecule has 0 atom stereocenters. The second-order valence-corrected chi connectivity index (χ2v) is 5.75. The summed E-state index contributed by atoms with van der Waals surface area (Å²) in [5, 5.41) is 12.3. The van der Waals surface area contributed by atoms with Crippen molar-refractivity contribution in [3.63, 3.8) is 0 Å². The van der Waals surface area contributed by atoms with Crippen LogP contribution in [0.15, 0.2) is 67.0 Å². The molecule has 0 fully saturated rings. The van der Waals surface area contributed by atoms with Gasteiger partial charge in [-0.25, -0.2) is 4.79 Å². The van der Waals surface area contributed by atoms with Crippen molar-refractivity contribution in [2.75, 3.05) is 5.32 Å². The SMILES string of the molecule is Cc1cccc(Nc2ccccc2C(=O)O)c1C.Cc1cccnc1. The highest BCUT2D eigenvalue weighted by atomic mass is 16.4. The van der Waals surface area contributed by atoms with Crippen molar-refractivity contribution in [3.05, 3.63) is 89.2 Å². The third kappa shape index (κ3) is 5.18. The van der Waals surface area contributed by atoms with Gasteiger partial charge in [0, 0.05) is 18.1 Å². The zero-order valence-corrected chi connectivity index (χ0v) is 14.7. The van der Waals surface area contributed by atoms with Crippen molar-refractivity contribution in [2.45, 2.75) is 20.8 Å². The highest BCUT2D eigenvalue weighted by Crippen LogP contribution is 2.25. The van der Waals surface area contributed by atoms with E-state index in [2.05, 4.69) is 10.3 Å². The molecule has 0 unspecified atom stereocenters. The Kier molecular flexibility index (Phi) is 6.29. The number of pyridine rings is 1. The van der Waals surface area contributed by atoms with Gasteiger partial charge in [0.15, 0.2) is 0 Å². The Labute approximate surface area is 148 Å².